The first-order valence-electron chi connectivity index (χ1n) is 9.73. The molecule has 0 unspecified atom stereocenters. The van der Waals surface area contributed by atoms with Gasteiger partial charge in [0.05, 0.1) is 0 Å². The largest absolute Gasteiger partial charge is 0.369 e. The summed E-state index contributed by atoms with van der Waals surface area (Å²) in [4.78, 5) is 2.57. The van der Waals surface area contributed by atoms with Crippen molar-refractivity contribution in [2.75, 3.05) is 25.0 Å². The Hall–Kier alpha value is -2.06. The van der Waals surface area contributed by atoms with Crippen LogP contribution in [0.5, 0.6) is 0 Å². The second-order valence-corrected chi connectivity index (χ2v) is 7.67. The third-order valence-corrected chi connectivity index (χ3v) is 6.29. The maximum atomic E-state index is 3.45. The summed E-state index contributed by atoms with van der Waals surface area (Å²) in [6, 6.07) is 16.9. The van der Waals surface area contributed by atoms with E-state index in [2.05, 4.69) is 59.7 Å². The molecule has 0 saturated carbocycles. The number of nitrogens with one attached hydrogen (secondary N) is 1. The van der Waals surface area contributed by atoms with Crippen LogP contribution >= 0.6 is 0 Å². The van der Waals surface area contributed by atoms with Gasteiger partial charge in [0, 0.05) is 30.2 Å². The van der Waals surface area contributed by atoms with Crippen molar-refractivity contribution in [3.63, 3.8) is 0 Å². The summed E-state index contributed by atoms with van der Waals surface area (Å²) in [5.41, 5.74) is 4.60. The summed E-state index contributed by atoms with van der Waals surface area (Å²) in [5.74, 6) is 0. The zero-order chi connectivity index (χ0) is 16.8. The molecule has 1 N–H and O–H groups in total. The number of nitrogens with zero attached hydrogens (tertiary/aromatic N) is 1. The van der Waals surface area contributed by atoms with Gasteiger partial charge in [-0.1, -0.05) is 36.4 Å². The summed E-state index contributed by atoms with van der Waals surface area (Å²) in [7, 11) is 2.08. The predicted molar refractivity (Wildman–Crippen MR) is 108 cm³/mol. The Morgan fingerprint density at radius 1 is 0.960 bits per heavy atom. The molecule has 1 fully saturated rings. The average Bonchev–Trinajstić information content (AvgIpc) is 3.16. The van der Waals surface area contributed by atoms with E-state index in [1.165, 1.54) is 59.3 Å². The van der Waals surface area contributed by atoms with Crippen molar-refractivity contribution in [2.45, 2.75) is 38.1 Å². The van der Waals surface area contributed by atoms with Gasteiger partial charge in [-0.05, 0) is 72.5 Å². The van der Waals surface area contributed by atoms with Gasteiger partial charge in [0.25, 0.3) is 0 Å². The Labute approximate surface area is 149 Å². The van der Waals surface area contributed by atoms with Gasteiger partial charge < -0.3 is 10.2 Å². The highest BCUT2D eigenvalue weighted by Gasteiger charge is 2.23. The molecule has 1 saturated heterocycles. The molecule has 0 amide bonds. The number of aryl methyl sites for hydroxylation is 2. The van der Waals surface area contributed by atoms with Crippen LogP contribution in [-0.4, -0.2) is 26.2 Å². The van der Waals surface area contributed by atoms with Gasteiger partial charge in [0.2, 0.25) is 0 Å². The maximum absolute atomic E-state index is 3.45. The monoisotopic (exact) mass is 330 g/mol. The van der Waals surface area contributed by atoms with Crippen LogP contribution in [0.3, 0.4) is 0 Å². The Morgan fingerprint density at radius 2 is 1.84 bits per heavy atom. The molecule has 3 aromatic rings. The van der Waals surface area contributed by atoms with Crippen LogP contribution in [0.15, 0.2) is 42.5 Å². The van der Waals surface area contributed by atoms with Crippen LogP contribution in [0.2, 0.25) is 0 Å². The zero-order valence-corrected chi connectivity index (χ0v) is 15.0. The maximum Gasteiger partial charge on any atom is 0.0452 e. The highest BCUT2D eigenvalue weighted by molar-refractivity contribution is 6.14. The van der Waals surface area contributed by atoms with E-state index < -0.39 is 0 Å². The van der Waals surface area contributed by atoms with Crippen LogP contribution in [0.4, 0.5) is 5.69 Å². The van der Waals surface area contributed by atoms with Crippen molar-refractivity contribution in [1.82, 2.24) is 5.32 Å². The highest BCUT2D eigenvalue weighted by atomic mass is 15.2. The van der Waals surface area contributed by atoms with E-state index in [0.717, 1.165) is 13.1 Å². The van der Waals surface area contributed by atoms with Crippen LogP contribution in [0, 0.1) is 0 Å². The molecule has 1 aliphatic heterocycles. The van der Waals surface area contributed by atoms with Gasteiger partial charge in [-0.15, -0.1) is 0 Å². The zero-order valence-electron chi connectivity index (χ0n) is 15.0. The van der Waals surface area contributed by atoms with Gasteiger partial charge in [0.15, 0.2) is 0 Å². The predicted octanol–water partition coefficient (Wildman–Crippen LogP) is 4.67. The van der Waals surface area contributed by atoms with Crippen molar-refractivity contribution < 1.29 is 0 Å². The van der Waals surface area contributed by atoms with Crippen LogP contribution < -0.4 is 10.2 Å². The molecule has 5 rings (SSSR count). The lowest BCUT2D eigenvalue weighted by molar-refractivity contribution is 0.617. The Kier molecular flexibility index (Phi) is 3.67. The molecule has 3 aromatic carbocycles. The van der Waals surface area contributed by atoms with Crippen LogP contribution in [0.25, 0.3) is 21.5 Å². The molecule has 0 aromatic heterocycles. The molecule has 1 atom stereocenters. The van der Waals surface area contributed by atoms with Gasteiger partial charge in [-0.2, -0.15) is 0 Å². The Bertz CT molecular complexity index is 944. The second-order valence-electron chi connectivity index (χ2n) is 7.67. The SMILES string of the molecule is CN[C@@H]1CCN(c2cccc3ccc4c5c(ccc4c23)CCCC5)C1. The van der Waals surface area contributed by atoms with E-state index in [9.17, 15) is 0 Å². The lowest BCUT2D eigenvalue weighted by atomic mass is 9.86. The minimum Gasteiger partial charge on any atom is -0.369 e. The number of fused-ring (bicyclic) bond motifs is 5. The van der Waals surface area contributed by atoms with Crippen molar-refractivity contribution in [3.05, 3.63) is 53.6 Å². The molecule has 0 radical (unpaired) electrons. The summed E-state index contributed by atoms with van der Waals surface area (Å²) >= 11 is 0. The Morgan fingerprint density at radius 3 is 2.72 bits per heavy atom. The third kappa shape index (κ3) is 2.43. The van der Waals surface area contributed by atoms with E-state index in [0.29, 0.717) is 6.04 Å². The molecule has 0 bridgehead atoms. The van der Waals surface area contributed by atoms with Crippen molar-refractivity contribution in [2.24, 2.45) is 0 Å². The standard InChI is InChI=1S/C23H26N2/c1-24-18-13-14-25(15-18)22-8-4-6-17-10-11-20-19-7-3-2-5-16(19)9-12-21(20)23(17)22/h4,6,8-12,18,24H,2-3,5,7,13-15H2,1H3/t18-/m1/s1. The average molecular weight is 330 g/mol. The number of anilines is 1. The molecule has 2 aliphatic rings. The fraction of sp³-hybridized carbons (Fsp3) is 0.391. The van der Waals surface area contributed by atoms with Gasteiger partial charge in [0.1, 0.15) is 0 Å². The van der Waals surface area contributed by atoms with E-state index in [1.807, 2.05) is 0 Å². The molecule has 1 aliphatic carbocycles. The molecule has 2 heteroatoms. The first-order valence-corrected chi connectivity index (χ1v) is 9.73. The number of likely N-dealkylation sites (N-methyl/N-ethyl adjacent to an activating group) is 1. The van der Waals surface area contributed by atoms with E-state index in [1.54, 1.807) is 11.1 Å². The fourth-order valence-corrected chi connectivity index (χ4v) is 4.91. The summed E-state index contributed by atoms with van der Waals surface area (Å²) in [6.07, 6.45) is 6.40. The number of benzene rings is 3. The summed E-state index contributed by atoms with van der Waals surface area (Å²) in [5, 5.41) is 9.20. The molecule has 25 heavy (non-hydrogen) atoms. The van der Waals surface area contributed by atoms with Gasteiger partial charge >= 0.3 is 0 Å². The normalized spacial score (nSPS) is 20.4. The van der Waals surface area contributed by atoms with E-state index in [-0.39, 0.29) is 0 Å². The van der Waals surface area contributed by atoms with Crippen molar-refractivity contribution >= 4 is 27.2 Å². The highest BCUT2D eigenvalue weighted by Crippen LogP contribution is 2.38. The molecular formula is C23H26N2. The number of hydrogen-bond donors (Lipinski definition) is 1. The van der Waals surface area contributed by atoms with E-state index >= 15 is 0 Å². The number of hydrogen-bond acceptors (Lipinski definition) is 2. The molecule has 2 nitrogen and oxygen atoms in total. The summed E-state index contributed by atoms with van der Waals surface area (Å²) in [6.45, 7) is 2.25. The van der Waals surface area contributed by atoms with Crippen LogP contribution in [-0.2, 0) is 12.8 Å². The van der Waals surface area contributed by atoms with Crippen molar-refractivity contribution in [3.8, 4) is 0 Å². The van der Waals surface area contributed by atoms with Gasteiger partial charge in [-0.25, -0.2) is 0 Å². The van der Waals surface area contributed by atoms with Crippen LogP contribution in [0.1, 0.15) is 30.4 Å². The number of rotatable bonds is 2. The minimum atomic E-state index is 0.609. The fourth-order valence-electron chi connectivity index (χ4n) is 4.91. The Balaban J connectivity index is 1.74. The smallest absolute Gasteiger partial charge is 0.0452 e. The quantitative estimate of drug-likeness (QED) is 0.687. The second kappa shape index (κ2) is 6.03. The van der Waals surface area contributed by atoms with Crippen molar-refractivity contribution in [1.29, 1.82) is 0 Å². The lowest BCUT2D eigenvalue weighted by Gasteiger charge is -2.23. The molecule has 128 valence electrons. The third-order valence-electron chi connectivity index (χ3n) is 6.29. The summed E-state index contributed by atoms with van der Waals surface area (Å²) < 4.78 is 0. The first-order chi connectivity index (χ1) is 12.3. The molecule has 0 spiro atoms. The molecule has 1 heterocycles. The van der Waals surface area contributed by atoms with E-state index in [4.69, 9.17) is 0 Å². The first kappa shape index (κ1) is 15.2. The van der Waals surface area contributed by atoms with Gasteiger partial charge in [-0.3, -0.25) is 0 Å². The lowest BCUT2D eigenvalue weighted by Crippen LogP contribution is -2.29. The molecular weight excluding hydrogens is 304 g/mol. The topological polar surface area (TPSA) is 15.3 Å². The minimum absolute atomic E-state index is 0.609.